The van der Waals surface area contributed by atoms with Gasteiger partial charge in [0.1, 0.15) is 0 Å². The van der Waals surface area contributed by atoms with Crippen LogP contribution in [0.4, 0.5) is 0 Å². The summed E-state index contributed by atoms with van der Waals surface area (Å²) in [6.45, 7) is 0. The number of para-hydroxylation sites is 1. The van der Waals surface area contributed by atoms with Crippen molar-refractivity contribution in [2.75, 3.05) is 0 Å². The highest BCUT2D eigenvalue weighted by Crippen LogP contribution is 2.39. The summed E-state index contributed by atoms with van der Waals surface area (Å²) in [5.41, 5.74) is 10.9. The topological polar surface area (TPSA) is 25.8 Å². The number of aromatic nitrogens is 2. The highest BCUT2D eigenvalue weighted by Gasteiger charge is 2.16. The van der Waals surface area contributed by atoms with Gasteiger partial charge in [-0.1, -0.05) is 170 Å². The minimum atomic E-state index is 0.708. The van der Waals surface area contributed by atoms with E-state index in [0.717, 1.165) is 38.9 Å². The molecule has 0 unspecified atom stereocenters. The lowest BCUT2D eigenvalue weighted by Crippen LogP contribution is -1.96. The lowest BCUT2D eigenvalue weighted by Gasteiger charge is -2.14. The fourth-order valence-corrected chi connectivity index (χ4v) is 8.53. The fraction of sp³-hybridized carbons (Fsp3) is 0. The van der Waals surface area contributed by atoms with Crippen LogP contribution in [-0.4, -0.2) is 9.97 Å². The molecule has 0 aliphatic heterocycles. The quantitative estimate of drug-likeness (QED) is 0.166. The summed E-state index contributed by atoms with van der Waals surface area (Å²) in [6.07, 6.45) is 0. The third-order valence-corrected chi connectivity index (χ3v) is 11.2. The van der Waals surface area contributed by atoms with E-state index in [1.807, 2.05) is 0 Å². The van der Waals surface area contributed by atoms with Crippen LogP contribution in [0.3, 0.4) is 0 Å². The van der Waals surface area contributed by atoms with Crippen molar-refractivity contribution in [3.05, 3.63) is 206 Å². The lowest BCUT2D eigenvalue weighted by atomic mass is 9.91. The maximum absolute atomic E-state index is 5.35. The molecule has 0 fully saturated rings. The Morgan fingerprint density at radius 1 is 0.250 bits per heavy atom. The Hall–Kier alpha value is -7.42. The molecule has 0 N–H and O–H groups in total. The number of hydrogen-bond acceptors (Lipinski definition) is 2. The van der Waals surface area contributed by atoms with E-state index in [1.54, 1.807) is 0 Å². The van der Waals surface area contributed by atoms with E-state index in [-0.39, 0.29) is 0 Å². The average Bonchev–Trinajstić information content (AvgIpc) is 3.28. The van der Waals surface area contributed by atoms with Gasteiger partial charge in [0.25, 0.3) is 0 Å². The van der Waals surface area contributed by atoms with E-state index >= 15 is 0 Å². The van der Waals surface area contributed by atoms with Gasteiger partial charge in [-0.15, -0.1) is 0 Å². The van der Waals surface area contributed by atoms with Crippen molar-refractivity contribution in [1.82, 2.24) is 9.97 Å². The Labute approximate surface area is 325 Å². The summed E-state index contributed by atoms with van der Waals surface area (Å²) in [6, 6.07) is 74.1. The molecule has 2 heteroatoms. The average molecular weight is 711 g/mol. The second-order valence-corrected chi connectivity index (χ2v) is 14.5. The largest absolute Gasteiger partial charge is 0.228 e. The molecule has 0 aliphatic carbocycles. The van der Waals surface area contributed by atoms with Gasteiger partial charge in [-0.2, -0.15) is 0 Å². The monoisotopic (exact) mass is 710 g/mol. The van der Waals surface area contributed by atoms with Crippen LogP contribution >= 0.6 is 0 Å². The normalized spacial score (nSPS) is 11.6. The van der Waals surface area contributed by atoms with E-state index in [4.69, 9.17) is 9.97 Å². The predicted molar refractivity (Wildman–Crippen MR) is 237 cm³/mol. The number of nitrogens with zero attached hydrogens (tertiary/aromatic N) is 2. The zero-order chi connectivity index (χ0) is 37.0. The second-order valence-electron chi connectivity index (χ2n) is 14.5. The number of fused-ring (bicyclic) bond motifs is 8. The first-order valence-electron chi connectivity index (χ1n) is 19.1. The Bertz CT molecular complexity index is 3270. The van der Waals surface area contributed by atoms with Crippen LogP contribution < -0.4 is 0 Å². The van der Waals surface area contributed by atoms with Crippen LogP contribution in [0.5, 0.6) is 0 Å². The Balaban J connectivity index is 1.02. The van der Waals surface area contributed by atoms with Gasteiger partial charge >= 0.3 is 0 Å². The van der Waals surface area contributed by atoms with Crippen molar-refractivity contribution in [3.63, 3.8) is 0 Å². The van der Waals surface area contributed by atoms with Crippen LogP contribution in [-0.2, 0) is 0 Å². The molecule has 0 saturated carbocycles. The summed E-state index contributed by atoms with van der Waals surface area (Å²) in [7, 11) is 0. The van der Waals surface area contributed by atoms with E-state index in [2.05, 4.69) is 206 Å². The van der Waals surface area contributed by atoms with E-state index < -0.39 is 0 Å². The molecule has 10 aromatic carbocycles. The van der Waals surface area contributed by atoms with Gasteiger partial charge in [-0.25, -0.2) is 9.97 Å². The molecule has 11 rings (SSSR count). The van der Waals surface area contributed by atoms with Crippen molar-refractivity contribution in [3.8, 4) is 56.0 Å². The summed E-state index contributed by atoms with van der Waals surface area (Å²) in [4.78, 5) is 10.5. The van der Waals surface area contributed by atoms with Gasteiger partial charge in [-0.05, 0) is 113 Å². The minimum absolute atomic E-state index is 0.708. The summed E-state index contributed by atoms with van der Waals surface area (Å²) in [5, 5.41) is 11.1. The molecule has 0 saturated heterocycles. The van der Waals surface area contributed by atoms with Gasteiger partial charge in [-0.3, -0.25) is 0 Å². The smallest absolute Gasteiger partial charge is 0.160 e. The van der Waals surface area contributed by atoms with Gasteiger partial charge < -0.3 is 0 Å². The first-order chi connectivity index (χ1) is 27.7. The molecular formula is C54H34N2. The van der Waals surface area contributed by atoms with Gasteiger partial charge in [0.05, 0.1) is 11.2 Å². The van der Waals surface area contributed by atoms with E-state index in [9.17, 15) is 0 Å². The molecule has 0 aliphatic rings. The molecule has 0 amide bonds. The van der Waals surface area contributed by atoms with Crippen LogP contribution in [0, 0.1) is 0 Å². The first kappa shape index (κ1) is 32.0. The summed E-state index contributed by atoms with van der Waals surface area (Å²) < 4.78 is 0. The second kappa shape index (κ2) is 13.2. The van der Waals surface area contributed by atoms with E-state index in [0.29, 0.717) is 5.82 Å². The van der Waals surface area contributed by atoms with Gasteiger partial charge in [0.15, 0.2) is 5.82 Å². The zero-order valence-electron chi connectivity index (χ0n) is 30.5. The maximum Gasteiger partial charge on any atom is 0.160 e. The molecule has 1 heterocycles. The van der Waals surface area contributed by atoms with Crippen LogP contribution in [0.15, 0.2) is 206 Å². The predicted octanol–water partition coefficient (Wildman–Crippen LogP) is 14.6. The molecule has 0 radical (unpaired) electrons. The number of rotatable bonds is 5. The molecule has 11 aromatic rings. The SMILES string of the molecule is c1ccc(-c2cc(-c3nc(-c4cccc(-c5cccc(-c6ccc7c8ccccc8c8ccccc8c7c6)c5)c4)nc4ccccc34)cc3ccccc23)cc1. The van der Waals surface area contributed by atoms with E-state index in [1.165, 1.54) is 65.3 Å². The van der Waals surface area contributed by atoms with Crippen LogP contribution in [0.1, 0.15) is 0 Å². The highest BCUT2D eigenvalue weighted by molar-refractivity contribution is 6.25. The molecule has 0 atom stereocenters. The maximum atomic E-state index is 5.35. The molecule has 1 aromatic heterocycles. The number of benzene rings is 10. The van der Waals surface area contributed by atoms with Crippen molar-refractivity contribution >= 4 is 54.0 Å². The van der Waals surface area contributed by atoms with Crippen molar-refractivity contribution in [2.24, 2.45) is 0 Å². The molecule has 0 spiro atoms. The zero-order valence-corrected chi connectivity index (χ0v) is 30.5. The molecule has 2 nitrogen and oxygen atoms in total. The Morgan fingerprint density at radius 3 is 1.45 bits per heavy atom. The molecule has 0 bridgehead atoms. The lowest BCUT2D eigenvalue weighted by molar-refractivity contribution is 1.23. The van der Waals surface area contributed by atoms with Gasteiger partial charge in [0.2, 0.25) is 0 Å². The first-order valence-corrected chi connectivity index (χ1v) is 19.1. The number of hydrogen-bond donors (Lipinski definition) is 0. The Morgan fingerprint density at radius 2 is 0.750 bits per heavy atom. The van der Waals surface area contributed by atoms with Crippen molar-refractivity contribution < 1.29 is 0 Å². The molecular weight excluding hydrogens is 677 g/mol. The Kier molecular flexibility index (Phi) is 7.53. The minimum Gasteiger partial charge on any atom is -0.228 e. The third-order valence-electron chi connectivity index (χ3n) is 11.2. The highest BCUT2D eigenvalue weighted by atomic mass is 14.9. The van der Waals surface area contributed by atoms with Crippen molar-refractivity contribution in [2.45, 2.75) is 0 Å². The molecule has 56 heavy (non-hydrogen) atoms. The summed E-state index contributed by atoms with van der Waals surface area (Å²) in [5.74, 6) is 0.708. The van der Waals surface area contributed by atoms with Crippen LogP contribution in [0.25, 0.3) is 110 Å². The third kappa shape index (κ3) is 5.42. The summed E-state index contributed by atoms with van der Waals surface area (Å²) >= 11 is 0. The fourth-order valence-electron chi connectivity index (χ4n) is 8.53. The molecule has 260 valence electrons. The van der Waals surface area contributed by atoms with Crippen LogP contribution in [0.2, 0.25) is 0 Å². The van der Waals surface area contributed by atoms with Crippen molar-refractivity contribution in [1.29, 1.82) is 0 Å². The standard InChI is InChI=1S/C54H34N2/c1-2-14-35(15-3-1)50-34-42(32-40-16-4-5-21-43(40)50)53-49-26-10-11-27-52(49)55-54(56-53)41-20-13-19-38(31-41)36-17-12-18-37(30-36)39-28-29-48-46-24-7-6-22-44(46)45-23-8-9-25-47(45)51(48)33-39/h1-34H. The van der Waals surface area contributed by atoms with Gasteiger partial charge in [0, 0.05) is 16.5 Å².